The largest absolute Gasteiger partial charge is 0.467 e. The molecule has 0 radical (unpaired) electrons. The first-order valence-electron chi connectivity index (χ1n) is 6.26. The lowest BCUT2D eigenvalue weighted by Gasteiger charge is -2.26. The maximum atomic E-state index is 12.8. The van der Waals surface area contributed by atoms with Gasteiger partial charge < -0.3 is 15.2 Å². The van der Waals surface area contributed by atoms with Crippen LogP contribution in [0.1, 0.15) is 17.5 Å². The quantitative estimate of drug-likeness (QED) is 0.833. The maximum Gasteiger partial charge on any atom is 0.428 e. The summed E-state index contributed by atoms with van der Waals surface area (Å²) in [6, 6.07) is 4.75. The highest BCUT2D eigenvalue weighted by Gasteiger charge is 2.61. The molecule has 0 saturated carbocycles. The van der Waals surface area contributed by atoms with E-state index in [1.807, 2.05) is 6.92 Å². The SMILES string of the molecule is COC(=O)[C@](O)(CC(=O)Nc1ccc(C)c(C)c1)C(F)(F)F. The zero-order valence-corrected chi connectivity index (χ0v) is 12.2. The van der Waals surface area contributed by atoms with E-state index < -0.39 is 30.1 Å². The van der Waals surface area contributed by atoms with Crippen molar-refractivity contribution >= 4 is 17.6 Å². The van der Waals surface area contributed by atoms with Crippen LogP contribution < -0.4 is 5.32 Å². The number of aryl methyl sites for hydroxylation is 2. The van der Waals surface area contributed by atoms with Crippen LogP contribution in [-0.4, -0.2) is 35.9 Å². The summed E-state index contributed by atoms with van der Waals surface area (Å²) in [4.78, 5) is 22.9. The number of hydrogen-bond donors (Lipinski definition) is 2. The molecular formula is C14H16F3NO4. The summed E-state index contributed by atoms with van der Waals surface area (Å²) in [6.45, 7) is 3.60. The van der Waals surface area contributed by atoms with Crippen molar-refractivity contribution < 1.29 is 32.6 Å². The van der Waals surface area contributed by atoms with E-state index in [0.29, 0.717) is 7.11 Å². The molecule has 1 atom stereocenters. The van der Waals surface area contributed by atoms with Gasteiger partial charge in [-0.1, -0.05) is 6.07 Å². The number of nitrogens with one attached hydrogen (secondary N) is 1. The van der Waals surface area contributed by atoms with Gasteiger partial charge in [-0.25, -0.2) is 4.79 Å². The predicted octanol–water partition coefficient (Wildman–Crippen LogP) is 2.10. The van der Waals surface area contributed by atoms with Crippen LogP contribution in [0, 0.1) is 13.8 Å². The van der Waals surface area contributed by atoms with E-state index in [9.17, 15) is 27.9 Å². The van der Waals surface area contributed by atoms with Gasteiger partial charge in [0, 0.05) is 5.69 Å². The molecule has 1 aromatic carbocycles. The minimum absolute atomic E-state index is 0.266. The monoisotopic (exact) mass is 319 g/mol. The number of methoxy groups -OCH3 is 1. The molecule has 1 amide bonds. The first kappa shape index (κ1) is 18.0. The number of anilines is 1. The van der Waals surface area contributed by atoms with Crippen molar-refractivity contribution in [3.63, 3.8) is 0 Å². The minimum Gasteiger partial charge on any atom is -0.467 e. The van der Waals surface area contributed by atoms with Crippen LogP contribution in [0.4, 0.5) is 18.9 Å². The molecule has 0 aliphatic rings. The molecule has 1 aromatic rings. The summed E-state index contributed by atoms with van der Waals surface area (Å²) in [5.74, 6) is -3.09. The number of alkyl halides is 3. The van der Waals surface area contributed by atoms with Crippen LogP contribution >= 0.6 is 0 Å². The molecule has 2 N–H and O–H groups in total. The first-order chi connectivity index (χ1) is 10.0. The van der Waals surface area contributed by atoms with Crippen LogP contribution in [-0.2, 0) is 14.3 Å². The van der Waals surface area contributed by atoms with E-state index >= 15 is 0 Å². The van der Waals surface area contributed by atoms with Gasteiger partial charge in [0.25, 0.3) is 5.60 Å². The Hall–Kier alpha value is -2.09. The standard InChI is InChI=1S/C14H16F3NO4/c1-8-4-5-10(6-9(8)2)18-11(19)7-13(21,12(20)22-3)14(15,16)17/h4-6,21H,7H2,1-3H3,(H,18,19)/t13-/m1/s1. The van der Waals surface area contributed by atoms with Crippen molar-refractivity contribution in [2.75, 3.05) is 12.4 Å². The van der Waals surface area contributed by atoms with Crippen LogP contribution in [0.2, 0.25) is 0 Å². The highest BCUT2D eigenvalue weighted by molar-refractivity contribution is 5.96. The smallest absolute Gasteiger partial charge is 0.428 e. The zero-order chi connectivity index (χ0) is 17.1. The summed E-state index contributed by atoms with van der Waals surface area (Å²) in [5.41, 5.74) is -1.84. The third-order valence-electron chi connectivity index (χ3n) is 3.20. The fourth-order valence-electron chi connectivity index (χ4n) is 1.71. The second-order valence-corrected chi connectivity index (χ2v) is 4.87. The molecule has 1 rings (SSSR count). The molecular weight excluding hydrogens is 303 g/mol. The van der Waals surface area contributed by atoms with Crippen LogP contribution in [0.15, 0.2) is 18.2 Å². The third kappa shape index (κ3) is 3.76. The molecule has 122 valence electrons. The molecule has 0 saturated heterocycles. The molecule has 0 aromatic heterocycles. The highest BCUT2D eigenvalue weighted by atomic mass is 19.4. The van der Waals surface area contributed by atoms with Crippen molar-refractivity contribution in [1.82, 2.24) is 0 Å². The Balaban J connectivity index is 2.93. The fourth-order valence-corrected chi connectivity index (χ4v) is 1.71. The Labute approximate surface area is 125 Å². The van der Waals surface area contributed by atoms with Crippen molar-refractivity contribution in [2.45, 2.75) is 32.0 Å². The van der Waals surface area contributed by atoms with Gasteiger partial charge >= 0.3 is 12.1 Å². The fraction of sp³-hybridized carbons (Fsp3) is 0.429. The Morgan fingerprint density at radius 2 is 1.82 bits per heavy atom. The normalized spacial score (nSPS) is 14.1. The Bertz CT molecular complexity index is 586. The summed E-state index contributed by atoms with van der Waals surface area (Å²) < 4.78 is 42.4. The average molecular weight is 319 g/mol. The van der Waals surface area contributed by atoms with Gasteiger partial charge in [0.2, 0.25) is 5.91 Å². The Morgan fingerprint density at radius 1 is 1.23 bits per heavy atom. The van der Waals surface area contributed by atoms with Gasteiger partial charge in [-0.15, -0.1) is 0 Å². The lowest BCUT2D eigenvalue weighted by atomic mass is 9.98. The number of amides is 1. The number of benzene rings is 1. The predicted molar refractivity (Wildman–Crippen MR) is 72.2 cm³/mol. The highest BCUT2D eigenvalue weighted by Crippen LogP contribution is 2.34. The molecule has 0 fully saturated rings. The van der Waals surface area contributed by atoms with Gasteiger partial charge in [0.15, 0.2) is 0 Å². The van der Waals surface area contributed by atoms with Gasteiger partial charge in [-0.05, 0) is 37.1 Å². The van der Waals surface area contributed by atoms with Gasteiger partial charge in [-0.2, -0.15) is 13.2 Å². The topological polar surface area (TPSA) is 75.6 Å². The number of hydrogen-bond acceptors (Lipinski definition) is 4. The zero-order valence-electron chi connectivity index (χ0n) is 12.2. The van der Waals surface area contributed by atoms with Crippen molar-refractivity contribution in [1.29, 1.82) is 0 Å². The van der Waals surface area contributed by atoms with Crippen molar-refractivity contribution in [3.05, 3.63) is 29.3 Å². The number of esters is 1. The van der Waals surface area contributed by atoms with E-state index in [0.717, 1.165) is 11.1 Å². The van der Waals surface area contributed by atoms with Crippen LogP contribution in [0.25, 0.3) is 0 Å². The second-order valence-electron chi connectivity index (χ2n) is 4.87. The van der Waals surface area contributed by atoms with E-state index in [2.05, 4.69) is 10.1 Å². The number of rotatable bonds is 4. The number of aliphatic hydroxyl groups is 1. The number of carbonyl (C=O) groups is 2. The number of carbonyl (C=O) groups excluding carboxylic acids is 2. The Kier molecular flexibility index (Phi) is 5.18. The molecule has 0 spiro atoms. The molecule has 0 bridgehead atoms. The molecule has 8 heteroatoms. The molecule has 5 nitrogen and oxygen atoms in total. The van der Waals surface area contributed by atoms with Gasteiger partial charge in [0.05, 0.1) is 13.5 Å². The van der Waals surface area contributed by atoms with Crippen molar-refractivity contribution in [3.8, 4) is 0 Å². The molecule has 0 unspecified atom stereocenters. The number of ether oxygens (including phenoxy) is 1. The van der Waals surface area contributed by atoms with E-state index in [1.165, 1.54) is 6.07 Å². The molecule has 0 aliphatic heterocycles. The molecule has 22 heavy (non-hydrogen) atoms. The summed E-state index contributed by atoms with van der Waals surface area (Å²) in [7, 11) is 0.695. The summed E-state index contributed by atoms with van der Waals surface area (Å²) >= 11 is 0. The maximum absolute atomic E-state index is 12.8. The summed E-state index contributed by atoms with van der Waals surface area (Å²) in [5, 5.41) is 11.7. The molecule has 0 heterocycles. The number of halogens is 3. The Morgan fingerprint density at radius 3 is 2.27 bits per heavy atom. The van der Waals surface area contributed by atoms with Gasteiger partial charge in [0.1, 0.15) is 0 Å². The van der Waals surface area contributed by atoms with E-state index in [1.54, 1.807) is 19.1 Å². The lowest BCUT2D eigenvalue weighted by molar-refractivity contribution is -0.261. The van der Waals surface area contributed by atoms with Gasteiger partial charge in [-0.3, -0.25) is 4.79 Å². The minimum atomic E-state index is -5.33. The summed E-state index contributed by atoms with van der Waals surface area (Å²) in [6.07, 6.45) is -6.82. The third-order valence-corrected chi connectivity index (χ3v) is 3.20. The van der Waals surface area contributed by atoms with Crippen LogP contribution in [0.5, 0.6) is 0 Å². The van der Waals surface area contributed by atoms with E-state index in [4.69, 9.17) is 0 Å². The molecule has 0 aliphatic carbocycles. The second kappa shape index (κ2) is 6.35. The van der Waals surface area contributed by atoms with Crippen molar-refractivity contribution in [2.24, 2.45) is 0 Å². The van der Waals surface area contributed by atoms with Crippen LogP contribution in [0.3, 0.4) is 0 Å². The average Bonchev–Trinajstić information content (AvgIpc) is 2.40. The van der Waals surface area contributed by atoms with E-state index in [-0.39, 0.29) is 5.69 Å². The lowest BCUT2D eigenvalue weighted by Crippen LogP contribution is -2.54. The first-order valence-corrected chi connectivity index (χ1v) is 6.26.